The largest absolute Gasteiger partial charge is 0.366 e. The van der Waals surface area contributed by atoms with Gasteiger partial charge in [-0.2, -0.15) is 0 Å². The summed E-state index contributed by atoms with van der Waals surface area (Å²) < 4.78 is 0. The summed E-state index contributed by atoms with van der Waals surface area (Å²) in [6.07, 6.45) is 0. The smallest absolute Gasteiger partial charge is 0.256 e. The van der Waals surface area contributed by atoms with Crippen molar-refractivity contribution in [3.8, 4) is 0 Å². The van der Waals surface area contributed by atoms with Gasteiger partial charge in [-0.15, -0.1) is 0 Å². The van der Waals surface area contributed by atoms with Gasteiger partial charge in [-0.25, -0.2) is 0 Å². The molecule has 1 N–H and O–H groups in total. The maximum atomic E-state index is 13.3. The maximum Gasteiger partial charge on any atom is 0.256 e. The summed E-state index contributed by atoms with van der Waals surface area (Å²) in [7, 11) is 0. The molecule has 0 spiro atoms. The summed E-state index contributed by atoms with van der Waals surface area (Å²) in [5, 5.41) is 5.96. The van der Waals surface area contributed by atoms with E-state index in [1.54, 1.807) is 30.3 Å². The number of halogens is 2. The lowest BCUT2D eigenvalue weighted by atomic mass is 10.0. The Morgan fingerprint density at radius 2 is 1.40 bits per heavy atom. The first kappa shape index (κ1) is 23.2. The van der Waals surface area contributed by atoms with Gasteiger partial charge < -0.3 is 15.1 Å². The first-order chi connectivity index (χ1) is 17.0. The summed E-state index contributed by atoms with van der Waals surface area (Å²) >= 11 is 12.3. The van der Waals surface area contributed by atoms with E-state index >= 15 is 0 Å². The average molecular weight is 504 g/mol. The first-order valence-electron chi connectivity index (χ1n) is 11.4. The molecule has 4 aromatic carbocycles. The van der Waals surface area contributed by atoms with Gasteiger partial charge in [0.1, 0.15) is 0 Å². The molecule has 2 amide bonds. The second kappa shape index (κ2) is 9.98. The summed E-state index contributed by atoms with van der Waals surface area (Å²) in [6, 6.07) is 25.8. The highest BCUT2D eigenvalue weighted by Crippen LogP contribution is 2.30. The Hall–Kier alpha value is -3.54. The van der Waals surface area contributed by atoms with Crippen LogP contribution in [0.15, 0.2) is 84.9 Å². The van der Waals surface area contributed by atoms with Gasteiger partial charge in [-0.05, 0) is 53.9 Å². The van der Waals surface area contributed by atoms with Crippen LogP contribution in [0, 0.1) is 0 Å². The molecular formula is C28H23Cl2N3O2. The molecule has 5 nitrogen and oxygen atoms in total. The van der Waals surface area contributed by atoms with Gasteiger partial charge in [0, 0.05) is 52.7 Å². The molecule has 1 heterocycles. The standard InChI is InChI=1S/C28H23Cl2N3O2/c29-20-13-11-19(12-14-20)28(35)33-17-15-32(16-18-33)26-10-2-1-9-25(26)31-27(34)23-7-3-6-22-21(23)5-4-8-24(22)30/h1-14H,15-18H2,(H,31,34). The zero-order valence-electron chi connectivity index (χ0n) is 18.9. The fourth-order valence-electron chi connectivity index (χ4n) is 4.44. The van der Waals surface area contributed by atoms with Crippen molar-refractivity contribution in [1.82, 2.24) is 4.90 Å². The van der Waals surface area contributed by atoms with Crippen LogP contribution in [0.1, 0.15) is 20.7 Å². The third-order valence-electron chi connectivity index (χ3n) is 6.26. The number of fused-ring (bicyclic) bond motifs is 1. The normalized spacial score (nSPS) is 13.7. The topological polar surface area (TPSA) is 52.7 Å². The average Bonchev–Trinajstić information content (AvgIpc) is 2.89. The van der Waals surface area contributed by atoms with Crippen LogP contribution in [0.2, 0.25) is 10.0 Å². The Morgan fingerprint density at radius 3 is 2.17 bits per heavy atom. The molecule has 0 bridgehead atoms. The number of amides is 2. The molecule has 4 aromatic rings. The molecule has 176 valence electrons. The maximum absolute atomic E-state index is 13.3. The summed E-state index contributed by atoms with van der Waals surface area (Å²) in [6.45, 7) is 2.50. The lowest BCUT2D eigenvalue weighted by Crippen LogP contribution is -2.49. The van der Waals surface area contributed by atoms with Gasteiger partial charge in [0.2, 0.25) is 0 Å². The van der Waals surface area contributed by atoms with Crippen molar-refractivity contribution >= 4 is 57.2 Å². The molecule has 1 aliphatic rings. The molecular weight excluding hydrogens is 481 g/mol. The van der Waals surface area contributed by atoms with E-state index in [9.17, 15) is 9.59 Å². The van der Waals surface area contributed by atoms with E-state index in [1.165, 1.54) is 0 Å². The van der Waals surface area contributed by atoms with Crippen LogP contribution >= 0.6 is 23.2 Å². The van der Waals surface area contributed by atoms with E-state index in [2.05, 4.69) is 10.2 Å². The van der Waals surface area contributed by atoms with Gasteiger partial charge in [0.05, 0.1) is 11.4 Å². The number of carbonyl (C=O) groups is 2. The molecule has 0 aliphatic carbocycles. The summed E-state index contributed by atoms with van der Waals surface area (Å²) in [5.41, 5.74) is 2.86. The lowest BCUT2D eigenvalue weighted by Gasteiger charge is -2.37. The molecule has 1 saturated heterocycles. The van der Waals surface area contributed by atoms with Crippen molar-refractivity contribution in [3.63, 3.8) is 0 Å². The second-order valence-electron chi connectivity index (χ2n) is 8.40. The minimum absolute atomic E-state index is 0.00230. The predicted molar refractivity (Wildman–Crippen MR) is 143 cm³/mol. The minimum atomic E-state index is -0.193. The number of nitrogens with zero attached hydrogens (tertiary/aromatic N) is 2. The zero-order chi connectivity index (χ0) is 24.4. The molecule has 0 aromatic heterocycles. The van der Waals surface area contributed by atoms with E-state index in [-0.39, 0.29) is 11.8 Å². The summed E-state index contributed by atoms with van der Waals surface area (Å²) in [4.78, 5) is 30.2. The number of anilines is 2. The van der Waals surface area contributed by atoms with Crippen LogP contribution in [0.5, 0.6) is 0 Å². The van der Waals surface area contributed by atoms with E-state index in [0.717, 1.165) is 22.1 Å². The molecule has 35 heavy (non-hydrogen) atoms. The van der Waals surface area contributed by atoms with Crippen LogP contribution in [-0.2, 0) is 0 Å². The van der Waals surface area contributed by atoms with E-state index in [4.69, 9.17) is 23.2 Å². The fourth-order valence-corrected chi connectivity index (χ4v) is 4.80. The third-order valence-corrected chi connectivity index (χ3v) is 6.85. The van der Waals surface area contributed by atoms with Crippen molar-refractivity contribution in [2.45, 2.75) is 0 Å². The Morgan fingerprint density at radius 1 is 0.714 bits per heavy atom. The molecule has 0 saturated carbocycles. The highest BCUT2D eigenvalue weighted by atomic mass is 35.5. The monoisotopic (exact) mass is 503 g/mol. The molecule has 0 unspecified atom stereocenters. The fraction of sp³-hybridized carbons (Fsp3) is 0.143. The van der Waals surface area contributed by atoms with Gasteiger partial charge in [-0.3, -0.25) is 9.59 Å². The minimum Gasteiger partial charge on any atom is -0.366 e. The van der Waals surface area contributed by atoms with Gasteiger partial charge >= 0.3 is 0 Å². The number of nitrogens with one attached hydrogen (secondary N) is 1. The SMILES string of the molecule is O=C(Nc1ccccc1N1CCN(C(=O)c2ccc(Cl)cc2)CC1)c1cccc2c(Cl)cccc12. The number of carbonyl (C=O) groups excluding carboxylic acids is 2. The number of para-hydroxylation sites is 2. The van der Waals surface area contributed by atoms with Crippen LogP contribution in [0.4, 0.5) is 11.4 Å². The highest BCUT2D eigenvalue weighted by molar-refractivity contribution is 6.36. The Balaban J connectivity index is 1.31. The third kappa shape index (κ3) is 4.83. The summed E-state index contributed by atoms with van der Waals surface area (Å²) in [5.74, 6) is -0.195. The molecule has 5 rings (SSSR count). The zero-order valence-corrected chi connectivity index (χ0v) is 20.4. The molecule has 0 radical (unpaired) electrons. The quantitative estimate of drug-likeness (QED) is 0.352. The van der Waals surface area contributed by atoms with E-state index < -0.39 is 0 Å². The van der Waals surface area contributed by atoms with Crippen LogP contribution in [0.3, 0.4) is 0 Å². The number of hydrogen-bond donors (Lipinski definition) is 1. The Kier molecular flexibility index (Phi) is 6.62. The number of piperazine rings is 1. The van der Waals surface area contributed by atoms with Gasteiger partial charge in [0.15, 0.2) is 0 Å². The lowest BCUT2D eigenvalue weighted by molar-refractivity contribution is 0.0746. The highest BCUT2D eigenvalue weighted by Gasteiger charge is 2.24. The van der Waals surface area contributed by atoms with Crippen LogP contribution in [0.25, 0.3) is 10.8 Å². The van der Waals surface area contributed by atoms with E-state index in [1.807, 2.05) is 59.5 Å². The van der Waals surface area contributed by atoms with Crippen molar-refractivity contribution in [2.24, 2.45) is 0 Å². The van der Waals surface area contributed by atoms with Gasteiger partial charge in [-0.1, -0.05) is 59.6 Å². The van der Waals surface area contributed by atoms with Crippen molar-refractivity contribution in [3.05, 3.63) is 106 Å². The molecule has 1 fully saturated rings. The van der Waals surface area contributed by atoms with E-state index in [0.29, 0.717) is 47.4 Å². The van der Waals surface area contributed by atoms with Crippen LogP contribution < -0.4 is 10.2 Å². The molecule has 1 aliphatic heterocycles. The van der Waals surface area contributed by atoms with Crippen LogP contribution in [-0.4, -0.2) is 42.9 Å². The Bertz CT molecular complexity index is 1400. The van der Waals surface area contributed by atoms with Crippen molar-refractivity contribution in [1.29, 1.82) is 0 Å². The predicted octanol–water partition coefficient (Wildman–Crippen LogP) is 6.36. The molecule has 0 atom stereocenters. The van der Waals surface area contributed by atoms with Gasteiger partial charge in [0.25, 0.3) is 11.8 Å². The first-order valence-corrected chi connectivity index (χ1v) is 12.1. The second-order valence-corrected chi connectivity index (χ2v) is 9.24. The number of hydrogen-bond acceptors (Lipinski definition) is 3. The Labute approximate surface area is 213 Å². The number of benzene rings is 4. The molecule has 7 heteroatoms. The van der Waals surface area contributed by atoms with Crippen molar-refractivity contribution in [2.75, 3.05) is 36.4 Å². The van der Waals surface area contributed by atoms with Crippen molar-refractivity contribution < 1.29 is 9.59 Å². The number of rotatable bonds is 4.